The monoisotopic (exact) mass is 291 g/mol. The van der Waals surface area contributed by atoms with Crippen molar-refractivity contribution in [3.05, 3.63) is 34.2 Å². The topological polar surface area (TPSA) is 29.5 Å². The third-order valence-corrected chi connectivity index (χ3v) is 4.69. The first kappa shape index (κ1) is 12.7. The molecule has 1 fully saturated rings. The van der Waals surface area contributed by atoms with Crippen LogP contribution in [-0.4, -0.2) is 28.3 Å². The minimum atomic E-state index is -0.0277. The molecule has 0 N–H and O–H groups in total. The molecular formula is C14H13NO2S2. The highest BCUT2D eigenvalue weighted by molar-refractivity contribution is 8.26. The summed E-state index contributed by atoms with van der Waals surface area (Å²) in [5.74, 6) is 0.924. The van der Waals surface area contributed by atoms with Gasteiger partial charge >= 0.3 is 0 Å². The lowest BCUT2D eigenvalue weighted by Crippen LogP contribution is -2.22. The van der Waals surface area contributed by atoms with Gasteiger partial charge in [-0.2, -0.15) is 0 Å². The maximum atomic E-state index is 11.9. The van der Waals surface area contributed by atoms with E-state index in [2.05, 4.69) is 13.0 Å². The lowest BCUT2D eigenvalue weighted by Gasteiger charge is -2.04. The van der Waals surface area contributed by atoms with E-state index in [0.717, 1.165) is 17.7 Å². The molecule has 1 atom stereocenters. The molecule has 2 aliphatic heterocycles. The van der Waals surface area contributed by atoms with Gasteiger partial charge in [-0.1, -0.05) is 30.0 Å². The first-order chi connectivity index (χ1) is 9.04. The largest absolute Gasteiger partial charge is 0.490 e. The number of nitrogens with zero attached hydrogens (tertiary/aromatic N) is 1. The maximum Gasteiger partial charge on any atom is 0.265 e. The number of rotatable bonds is 1. The summed E-state index contributed by atoms with van der Waals surface area (Å²) in [6, 6.07) is 6.03. The molecule has 1 saturated heterocycles. The van der Waals surface area contributed by atoms with E-state index in [1.54, 1.807) is 7.05 Å². The van der Waals surface area contributed by atoms with Gasteiger partial charge in [-0.15, -0.1) is 0 Å². The minimum absolute atomic E-state index is 0.0277. The molecule has 0 aliphatic carbocycles. The van der Waals surface area contributed by atoms with Crippen LogP contribution in [0.5, 0.6) is 5.75 Å². The summed E-state index contributed by atoms with van der Waals surface area (Å²) in [5.41, 5.74) is 2.22. The van der Waals surface area contributed by atoms with Crippen LogP contribution in [0.15, 0.2) is 23.1 Å². The van der Waals surface area contributed by atoms with Crippen LogP contribution in [0, 0.1) is 0 Å². The van der Waals surface area contributed by atoms with Crippen LogP contribution in [0.2, 0.25) is 0 Å². The van der Waals surface area contributed by atoms with Crippen molar-refractivity contribution < 1.29 is 9.53 Å². The molecule has 1 aromatic carbocycles. The molecular weight excluding hydrogens is 278 g/mol. The highest BCUT2D eigenvalue weighted by atomic mass is 32.2. The normalized spacial score (nSPS) is 24.0. The molecule has 0 spiro atoms. The number of hydrogen-bond donors (Lipinski definition) is 0. The number of carbonyl (C=O) groups excluding carboxylic acids is 1. The number of carbonyl (C=O) groups is 1. The van der Waals surface area contributed by atoms with E-state index in [4.69, 9.17) is 17.0 Å². The summed E-state index contributed by atoms with van der Waals surface area (Å²) in [6.07, 6.45) is 3.05. The Labute approximate surface area is 121 Å². The number of likely N-dealkylation sites (N-methyl/N-ethyl adjacent to an activating group) is 1. The molecule has 0 radical (unpaired) electrons. The molecule has 5 heteroatoms. The number of hydrogen-bond acceptors (Lipinski definition) is 4. The molecule has 2 heterocycles. The SMILES string of the molecule is C[C@@H]1Cc2cc(/C=C3\SC(=S)N(C)C3=O)ccc2O1. The Morgan fingerprint density at radius 3 is 3.00 bits per heavy atom. The Morgan fingerprint density at radius 2 is 2.32 bits per heavy atom. The molecule has 3 rings (SSSR count). The summed E-state index contributed by atoms with van der Waals surface area (Å²) in [6.45, 7) is 2.06. The predicted octanol–water partition coefficient (Wildman–Crippen LogP) is 2.84. The van der Waals surface area contributed by atoms with Gasteiger partial charge in [0.15, 0.2) is 0 Å². The quantitative estimate of drug-likeness (QED) is 0.588. The number of thioether (sulfide) groups is 1. The van der Waals surface area contributed by atoms with Crippen LogP contribution in [-0.2, 0) is 11.2 Å². The Balaban J connectivity index is 1.91. The molecule has 3 nitrogen and oxygen atoms in total. The predicted molar refractivity (Wildman–Crippen MR) is 81.2 cm³/mol. The van der Waals surface area contributed by atoms with Crippen molar-refractivity contribution in [3.8, 4) is 5.75 Å². The van der Waals surface area contributed by atoms with Gasteiger partial charge in [0.1, 0.15) is 16.2 Å². The van der Waals surface area contributed by atoms with Crippen molar-refractivity contribution in [2.75, 3.05) is 7.05 Å². The van der Waals surface area contributed by atoms with Crippen molar-refractivity contribution in [1.29, 1.82) is 0 Å². The van der Waals surface area contributed by atoms with E-state index in [-0.39, 0.29) is 12.0 Å². The van der Waals surface area contributed by atoms with Gasteiger partial charge in [0.05, 0.1) is 4.91 Å². The van der Waals surface area contributed by atoms with Gasteiger partial charge < -0.3 is 4.74 Å². The van der Waals surface area contributed by atoms with Gasteiger partial charge in [0, 0.05) is 13.5 Å². The summed E-state index contributed by atoms with van der Waals surface area (Å²) < 4.78 is 6.27. The number of fused-ring (bicyclic) bond motifs is 1. The third kappa shape index (κ3) is 2.28. The molecule has 0 saturated carbocycles. The summed E-state index contributed by atoms with van der Waals surface area (Å²) in [7, 11) is 1.71. The molecule has 0 aromatic heterocycles. The van der Waals surface area contributed by atoms with Gasteiger partial charge in [-0.05, 0) is 36.3 Å². The average Bonchev–Trinajstić information content (AvgIpc) is 2.84. The fourth-order valence-electron chi connectivity index (χ4n) is 2.23. The zero-order chi connectivity index (χ0) is 13.6. The second-order valence-corrected chi connectivity index (χ2v) is 6.42. The molecule has 2 aliphatic rings. The minimum Gasteiger partial charge on any atom is -0.490 e. The van der Waals surface area contributed by atoms with Crippen LogP contribution in [0.1, 0.15) is 18.1 Å². The standard InChI is InChI=1S/C14H13NO2S2/c1-8-5-10-6-9(3-4-11(10)17-8)7-12-13(16)15(2)14(18)19-12/h3-4,6-8H,5H2,1-2H3/b12-7-/t8-/m1/s1. The Bertz CT molecular complexity index is 609. The van der Waals surface area contributed by atoms with Crippen molar-refractivity contribution in [2.45, 2.75) is 19.4 Å². The highest BCUT2D eigenvalue weighted by Gasteiger charge is 2.28. The fourth-order valence-corrected chi connectivity index (χ4v) is 3.41. The number of amides is 1. The first-order valence-electron chi connectivity index (χ1n) is 6.06. The molecule has 1 amide bonds. The summed E-state index contributed by atoms with van der Waals surface area (Å²) >= 11 is 6.46. The second-order valence-electron chi connectivity index (χ2n) is 4.74. The Hall–Kier alpha value is -1.33. The van der Waals surface area contributed by atoms with Gasteiger partial charge in [0.25, 0.3) is 5.91 Å². The van der Waals surface area contributed by atoms with E-state index in [1.807, 2.05) is 18.2 Å². The van der Waals surface area contributed by atoms with Crippen molar-refractivity contribution in [2.24, 2.45) is 0 Å². The van der Waals surface area contributed by atoms with E-state index < -0.39 is 0 Å². The summed E-state index contributed by atoms with van der Waals surface area (Å²) in [5, 5.41) is 0. The van der Waals surface area contributed by atoms with Crippen LogP contribution in [0.3, 0.4) is 0 Å². The zero-order valence-corrected chi connectivity index (χ0v) is 12.3. The molecule has 0 unspecified atom stereocenters. The average molecular weight is 291 g/mol. The summed E-state index contributed by atoms with van der Waals surface area (Å²) in [4.78, 5) is 14.1. The second kappa shape index (κ2) is 4.65. The highest BCUT2D eigenvalue weighted by Crippen LogP contribution is 2.34. The number of benzene rings is 1. The van der Waals surface area contributed by atoms with Gasteiger partial charge in [-0.3, -0.25) is 9.69 Å². The fraction of sp³-hybridized carbons (Fsp3) is 0.286. The van der Waals surface area contributed by atoms with Crippen LogP contribution in [0.4, 0.5) is 0 Å². The lowest BCUT2D eigenvalue weighted by molar-refractivity contribution is -0.121. The number of thiocarbonyl (C=S) groups is 1. The van der Waals surface area contributed by atoms with E-state index in [0.29, 0.717) is 9.23 Å². The van der Waals surface area contributed by atoms with Crippen molar-refractivity contribution >= 4 is 40.3 Å². The Kier molecular flexibility index (Phi) is 3.11. The Morgan fingerprint density at radius 1 is 1.53 bits per heavy atom. The smallest absolute Gasteiger partial charge is 0.265 e. The van der Waals surface area contributed by atoms with Crippen molar-refractivity contribution in [3.63, 3.8) is 0 Å². The van der Waals surface area contributed by atoms with Crippen LogP contribution >= 0.6 is 24.0 Å². The van der Waals surface area contributed by atoms with E-state index in [9.17, 15) is 4.79 Å². The van der Waals surface area contributed by atoms with E-state index in [1.165, 1.54) is 22.2 Å². The van der Waals surface area contributed by atoms with Crippen molar-refractivity contribution in [1.82, 2.24) is 4.90 Å². The zero-order valence-electron chi connectivity index (χ0n) is 10.7. The molecule has 98 valence electrons. The molecule has 0 bridgehead atoms. The lowest BCUT2D eigenvalue weighted by atomic mass is 10.1. The van der Waals surface area contributed by atoms with Crippen LogP contribution < -0.4 is 4.74 Å². The first-order valence-corrected chi connectivity index (χ1v) is 7.28. The van der Waals surface area contributed by atoms with E-state index >= 15 is 0 Å². The molecule has 19 heavy (non-hydrogen) atoms. The van der Waals surface area contributed by atoms with Crippen LogP contribution in [0.25, 0.3) is 6.08 Å². The van der Waals surface area contributed by atoms with Gasteiger partial charge in [-0.25, -0.2) is 0 Å². The maximum absolute atomic E-state index is 11.9. The number of ether oxygens (including phenoxy) is 1. The third-order valence-electron chi connectivity index (χ3n) is 3.20. The molecule has 1 aromatic rings. The van der Waals surface area contributed by atoms with Gasteiger partial charge in [0.2, 0.25) is 0 Å².